The van der Waals surface area contributed by atoms with Crippen molar-refractivity contribution in [3.63, 3.8) is 0 Å². The van der Waals surface area contributed by atoms with E-state index in [-0.39, 0.29) is 0 Å². The van der Waals surface area contributed by atoms with Crippen LogP contribution < -0.4 is 0 Å². The SMILES string of the molecule is CC(O)C(O)([CH]O)CO. The van der Waals surface area contributed by atoms with E-state index in [1.54, 1.807) is 0 Å². The van der Waals surface area contributed by atoms with Crippen LogP contribution in [0.15, 0.2) is 0 Å². The number of aliphatic hydroxyl groups excluding tert-OH is 3. The molecule has 1 radical (unpaired) electrons. The zero-order chi connectivity index (χ0) is 7.49. The highest BCUT2D eigenvalue weighted by Gasteiger charge is 2.31. The molecule has 0 fully saturated rings. The van der Waals surface area contributed by atoms with E-state index in [4.69, 9.17) is 20.4 Å². The predicted molar refractivity (Wildman–Crippen MR) is 30.0 cm³/mol. The maximum absolute atomic E-state index is 8.90. The van der Waals surface area contributed by atoms with Gasteiger partial charge in [0.1, 0.15) is 12.2 Å². The van der Waals surface area contributed by atoms with E-state index in [0.29, 0.717) is 6.61 Å². The first-order valence-electron chi connectivity index (χ1n) is 2.56. The molecule has 0 bridgehead atoms. The second-order valence-electron chi connectivity index (χ2n) is 1.95. The molecule has 0 aromatic carbocycles. The van der Waals surface area contributed by atoms with E-state index < -0.39 is 18.3 Å². The Labute approximate surface area is 53.4 Å². The van der Waals surface area contributed by atoms with Gasteiger partial charge in [-0.15, -0.1) is 0 Å². The highest BCUT2D eigenvalue weighted by atomic mass is 16.4. The van der Waals surface area contributed by atoms with E-state index in [9.17, 15) is 0 Å². The van der Waals surface area contributed by atoms with Crippen LogP contribution in [-0.2, 0) is 0 Å². The topological polar surface area (TPSA) is 80.9 Å². The smallest absolute Gasteiger partial charge is 0.141 e. The Morgan fingerprint density at radius 3 is 2.11 bits per heavy atom. The molecular weight excluding hydrogens is 124 g/mol. The van der Waals surface area contributed by atoms with Crippen LogP contribution in [0.2, 0.25) is 0 Å². The minimum atomic E-state index is -1.88. The lowest BCUT2D eigenvalue weighted by Gasteiger charge is -2.25. The number of hydrogen-bond donors (Lipinski definition) is 4. The summed E-state index contributed by atoms with van der Waals surface area (Å²) in [5.41, 5.74) is -1.88. The van der Waals surface area contributed by atoms with E-state index in [0.717, 1.165) is 0 Å². The standard InChI is InChI=1S/C5H11O4/c1-4(8)5(9,2-6)3-7/h2,4,6-9H,3H2,1H3. The van der Waals surface area contributed by atoms with Gasteiger partial charge in [0.15, 0.2) is 0 Å². The first kappa shape index (κ1) is 8.84. The molecule has 4 heteroatoms. The van der Waals surface area contributed by atoms with Crippen molar-refractivity contribution in [2.24, 2.45) is 0 Å². The zero-order valence-corrected chi connectivity index (χ0v) is 5.15. The molecule has 0 saturated heterocycles. The van der Waals surface area contributed by atoms with Crippen LogP contribution in [0.1, 0.15) is 6.92 Å². The Morgan fingerprint density at radius 1 is 1.67 bits per heavy atom. The Balaban J connectivity index is 3.92. The molecule has 0 amide bonds. The summed E-state index contributed by atoms with van der Waals surface area (Å²) in [5.74, 6) is 0. The summed E-state index contributed by atoms with van der Waals surface area (Å²) in [4.78, 5) is 0. The Bertz CT molecular complexity index is 77.0. The quantitative estimate of drug-likeness (QED) is 0.384. The van der Waals surface area contributed by atoms with Gasteiger partial charge in [0.25, 0.3) is 0 Å². The molecule has 0 aromatic heterocycles. The van der Waals surface area contributed by atoms with Crippen LogP contribution in [-0.4, -0.2) is 38.7 Å². The summed E-state index contributed by atoms with van der Waals surface area (Å²) in [5, 5.41) is 34.2. The van der Waals surface area contributed by atoms with Crippen molar-refractivity contribution in [1.82, 2.24) is 0 Å². The molecule has 0 aliphatic carbocycles. The summed E-state index contributed by atoms with van der Waals surface area (Å²) in [6.07, 6.45) is -1.17. The molecule has 2 atom stereocenters. The lowest BCUT2D eigenvalue weighted by atomic mass is 10.0. The molecule has 0 rings (SSSR count). The van der Waals surface area contributed by atoms with Gasteiger partial charge in [-0.05, 0) is 6.92 Å². The predicted octanol–water partition coefficient (Wildman–Crippen LogP) is -1.38. The maximum Gasteiger partial charge on any atom is 0.141 e. The number of hydrogen-bond acceptors (Lipinski definition) is 4. The van der Waals surface area contributed by atoms with Crippen LogP contribution in [0.5, 0.6) is 0 Å². The minimum Gasteiger partial charge on any atom is -0.393 e. The molecule has 55 valence electrons. The first-order valence-corrected chi connectivity index (χ1v) is 2.56. The van der Waals surface area contributed by atoms with Gasteiger partial charge in [-0.25, -0.2) is 0 Å². The monoisotopic (exact) mass is 135 g/mol. The molecular formula is C5H11O4. The van der Waals surface area contributed by atoms with Crippen LogP contribution in [0.25, 0.3) is 0 Å². The molecule has 0 saturated carbocycles. The largest absolute Gasteiger partial charge is 0.393 e. The highest BCUT2D eigenvalue weighted by Crippen LogP contribution is 2.10. The van der Waals surface area contributed by atoms with E-state index in [2.05, 4.69) is 0 Å². The maximum atomic E-state index is 8.90. The van der Waals surface area contributed by atoms with Gasteiger partial charge in [0, 0.05) is 0 Å². The first-order chi connectivity index (χ1) is 4.06. The molecule has 0 spiro atoms. The molecule has 0 aliphatic heterocycles. The average Bonchev–Trinajstić information content (AvgIpc) is 1.86. The lowest BCUT2D eigenvalue weighted by Crippen LogP contribution is -2.44. The van der Waals surface area contributed by atoms with E-state index in [1.165, 1.54) is 6.92 Å². The van der Waals surface area contributed by atoms with Crippen LogP contribution in [0, 0.1) is 6.61 Å². The fourth-order valence-electron chi connectivity index (χ4n) is 0.281. The Morgan fingerprint density at radius 2 is 2.11 bits per heavy atom. The van der Waals surface area contributed by atoms with Crippen molar-refractivity contribution < 1.29 is 20.4 Å². The van der Waals surface area contributed by atoms with Gasteiger partial charge in [0.2, 0.25) is 0 Å². The van der Waals surface area contributed by atoms with E-state index in [1.807, 2.05) is 0 Å². The highest BCUT2D eigenvalue weighted by molar-refractivity contribution is 4.89. The third-order valence-corrected chi connectivity index (χ3v) is 1.20. The fourth-order valence-corrected chi connectivity index (χ4v) is 0.281. The summed E-state index contributed by atoms with van der Waals surface area (Å²) >= 11 is 0. The Kier molecular flexibility index (Phi) is 3.07. The van der Waals surface area contributed by atoms with Crippen LogP contribution >= 0.6 is 0 Å². The molecule has 4 nitrogen and oxygen atoms in total. The second-order valence-corrected chi connectivity index (χ2v) is 1.95. The lowest BCUT2D eigenvalue weighted by molar-refractivity contribution is -0.0973. The third-order valence-electron chi connectivity index (χ3n) is 1.20. The zero-order valence-electron chi connectivity index (χ0n) is 5.15. The Hall–Kier alpha value is -0.160. The van der Waals surface area contributed by atoms with Gasteiger partial charge in [-0.2, -0.15) is 0 Å². The van der Waals surface area contributed by atoms with Crippen molar-refractivity contribution in [3.05, 3.63) is 6.61 Å². The van der Waals surface area contributed by atoms with Crippen LogP contribution in [0.3, 0.4) is 0 Å². The van der Waals surface area contributed by atoms with Crippen LogP contribution in [0.4, 0.5) is 0 Å². The van der Waals surface area contributed by atoms with Crippen molar-refractivity contribution in [2.75, 3.05) is 6.61 Å². The van der Waals surface area contributed by atoms with Gasteiger partial charge >= 0.3 is 0 Å². The molecule has 4 N–H and O–H groups in total. The molecule has 2 unspecified atom stereocenters. The van der Waals surface area contributed by atoms with Gasteiger partial charge in [-0.3, -0.25) is 0 Å². The molecule has 9 heavy (non-hydrogen) atoms. The molecule has 0 heterocycles. The second kappa shape index (κ2) is 3.12. The van der Waals surface area contributed by atoms with Crippen molar-refractivity contribution in [3.8, 4) is 0 Å². The van der Waals surface area contributed by atoms with Gasteiger partial charge in [0.05, 0.1) is 12.7 Å². The molecule has 0 aliphatic rings. The van der Waals surface area contributed by atoms with Gasteiger partial charge in [-0.1, -0.05) is 0 Å². The summed E-state index contributed by atoms with van der Waals surface area (Å²) < 4.78 is 0. The summed E-state index contributed by atoms with van der Waals surface area (Å²) in [6, 6.07) is 0. The van der Waals surface area contributed by atoms with E-state index >= 15 is 0 Å². The summed E-state index contributed by atoms with van der Waals surface area (Å²) in [6.45, 7) is 0.946. The minimum absolute atomic E-state index is 0.373. The average molecular weight is 135 g/mol. The number of aliphatic hydroxyl groups is 4. The fraction of sp³-hybridized carbons (Fsp3) is 0.800. The molecule has 0 aromatic rings. The van der Waals surface area contributed by atoms with Crippen molar-refractivity contribution in [2.45, 2.75) is 18.6 Å². The third kappa shape index (κ3) is 1.91. The number of rotatable bonds is 3. The van der Waals surface area contributed by atoms with Crippen molar-refractivity contribution in [1.29, 1.82) is 0 Å². The van der Waals surface area contributed by atoms with Crippen molar-refractivity contribution >= 4 is 0 Å². The normalized spacial score (nSPS) is 15.7. The van der Waals surface area contributed by atoms with Gasteiger partial charge < -0.3 is 20.4 Å². The summed E-state index contributed by atoms with van der Waals surface area (Å²) in [7, 11) is 0.